The molecule has 0 rings (SSSR count). The predicted molar refractivity (Wildman–Crippen MR) is 72.2 cm³/mol. The Morgan fingerprint density at radius 3 is 1.75 bits per heavy atom. The lowest BCUT2D eigenvalue weighted by Gasteiger charge is -2.21. The van der Waals surface area contributed by atoms with E-state index in [2.05, 4.69) is 19.6 Å². The van der Waals surface area contributed by atoms with Crippen molar-refractivity contribution in [1.29, 1.82) is 0 Å². The monoisotopic (exact) mass is 260 g/mol. The van der Waals surface area contributed by atoms with Crippen molar-refractivity contribution in [3.63, 3.8) is 0 Å². The first kappa shape index (κ1) is 15.4. The van der Waals surface area contributed by atoms with Crippen molar-refractivity contribution in [1.82, 2.24) is 0 Å². The fourth-order valence-electron chi connectivity index (χ4n) is 1.06. The zero-order valence-electron chi connectivity index (χ0n) is 11.5. The fraction of sp³-hybridized carbons (Fsp3) is 0.727. The maximum atomic E-state index is 11.6. The summed E-state index contributed by atoms with van der Waals surface area (Å²) in [5.74, 6) is 0.469. The molecule has 0 unspecified atom stereocenters. The highest BCUT2D eigenvalue weighted by Gasteiger charge is 2.21. The van der Waals surface area contributed by atoms with Crippen molar-refractivity contribution in [2.75, 3.05) is 0 Å². The van der Waals surface area contributed by atoms with E-state index >= 15 is 0 Å². The van der Waals surface area contributed by atoms with Crippen LogP contribution in [0, 0.1) is 0 Å². The van der Waals surface area contributed by atoms with Gasteiger partial charge in [-0.25, -0.2) is 4.79 Å². The van der Waals surface area contributed by atoms with E-state index < -0.39 is 16.6 Å². The molecule has 16 heavy (non-hydrogen) atoms. The van der Waals surface area contributed by atoms with E-state index in [1.54, 1.807) is 0 Å². The molecule has 0 amide bonds. The van der Waals surface area contributed by atoms with Crippen LogP contribution < -0.4 is 0 Å². The summed E-state index contributed by atoms with van der Waals surface area (Å²) < 4.78 is 11.1. The van der Waals surface area contributed by atoms with Gasteiger partial charge in [-0.15, -0.1) is 0 Å². The molecule has 94 valence electrons. The highest BCUT2D eigenvalue weighted by molar-refractivity contribution is 6.71. The molecule has 0 aliphatic rings. The van der Waals surface area contributed by atoms with Crippen molar-refractivity contribution < 1.29 is 13.6 Å². The van der Waals surface area contributed by atoms with Crippen LogP contribution in [0.3, 0.4) is 0 Å². The molecule has 0 bridgehead atoms. The molecule has 0 aliphatic carbocycles. The first-order chi connectivity index (χ1) is 7.03. The Hall–Kier alpha value is -0.556. The molecule has 0 aromatic carbocycles. The minimum Gasteiger partial charge on any atom is -0.547 e. The number of hydrogen-bond acceptors (Lipinski definition) is 3. The second kappa shape index (κ2) is 5.68. The van der Waals surface area contributed by atoms with E-state index in [0.29, 0.717) is 0 Å². The minimum absolute atomic E-state index is 0.269. The van der Waals surface area contributed by atoms with Crippen LogP contribution in [0.5, 0.6) is 0 Å². The van der Waals surface area contributed by atoms with Crippen LogP contribution in [0.4, 0.5) is 0 Å². The highest BCUT2D eigenvalue weighted by atomic mass is 28.4. The Bertz CT molecular complexity index is 272. The van der Waals surface area contributed by atoms with Crippen molar-refractivity contribution >= 4 is 22.6 Å². The van der Waals surface area contributed by atoms with Gasteiger partial charge >= 0.3 is 5.97 Å². The Morgan fingerprint density at radius 2 is 1.44 bits per heavy atom. The van der Waals surface area contributed by atoms with E-state index in [4.69, 9.17) is 8.85 Å². The van der Waals surface area contributed by atoms with Gasteiger partial charge in [0.25, 0.3) is 0 Å². The molecular weight excluding hydrogens is 236 g/mol. The van der Waals surface area contributed by atoms with Gasteiger partial charge in [0.2, 0.25) is 16.6 Å². The van der Waals surface area contributed by atoms with Crippen LogP contribution >= 0.6 is 0 Å². The normalized spacial score (nSPS) is 13.6. The van der Waals surface area contributed by atoms with Crippen molar-refractivity contribution in [3.05, 3.63) is 11.8 Å². The third-order valence-corrected chi connectivity index (χ3v) is 3.16. The average molecular weight is 260 g/mol. The molecule has 0 saturated carbocycles. The summed E-state index contributed by atoms with van der Waals surface area (Å²) in [6.07, 6.45) is 2.22. The zero-order chi connectivity index (χ0) is 13.0. The first-order valence-electron chi connectivity index (χ1n) is 5.66. The van der Waals surface area contributed by atoms with E-state index in [-0.39, 0.29) is 5.97 Å². The van der Waals surface area contributed by atoms with Gasteiger partial charge in [0.15, 0.2) is 0 Å². The van der Waals surface area contributed by atoms with Crippen LogP contribution in [0.15, 0.2) is 11.8 Å². The topological polar surface area (TPSA) is 35.5 Å². The fourth-order valence-corrected chi connectivity index (χ4v) is 2.71. The molecule has 0 aliphatic heterocycles. The molecule has 0 radical (unpaired) electrons. The summed E-state index contributed by atoms with van der Waals surface area (Å²) in [6.45, 7) is 14.2. The molecule has 5 heteroatoms. The molecule has 0 aromatic rings. The van der Waals surface area contributed by atoms with Crippen LogP contribution in [-0.4, -0.2) is 22.6 Å². The summed E-state index contributed by atoms with van der Waals surface area (Å²) in [5.41, 5.74) is 0. The molecule has 0 saturated heterocycles. The average Bonchev–Trinajstić information content (AvgIpc) is 1.96. The number of carbonyl (C=O) groups is 1. The number of carbonyl (C=O) groups excluding carboxylic acids is 1. The molecule has 0 spiro atoms. The van der Waals surface area contributed by atoms with E-state index in [9.17, 15) is 4.79 Å². The van der Waals surface area contributed by atoms with Gasteiger partial charge in [0.05, 0.1) is 11.8 Å². The Kier molecular flexibility index (Phi) is 5.48. The summed E-state index contributed by atoms with van der Waals surface area (Å²) in [5, 5.41) is 0. The quantitative estimate of drug-likeness (QED) is 0.431. The number of rotatable bonds is 5. The van der Waals surface area contributed by atoms with Crippen molar-refractivity contribution in [2.24, 2.45) is 0 Å². The Morgan fingerprint density at radius 1 is 1.00 bits per heavy atom. The zero-order valence-corrected chi connectivity index (χ0v) is 13.5. The lowest BCUT2D eigenvalue weighted by molar-refractivity contribution is -0.129. The van der Waals surface area contributed by atoms with Crippen LogP contribution in [0.1, 0.15) is 13.3 Å². The van der Waals surface area contributed by atoms with E-state index in [1.165, 1.54) is 6.08 Å². The van der Waals surface area contributed by atoms with Crippen LogP contribution in [-0.2, 0) is 13.6 Å². The summed E-state index contributed by atoms with van der Waals surface area (Å²) in [4.78, 5) is 11.6. The van der Waals surface area contributed by atoms with Crippen LogP contribution in [0.25, 0.3) is 0 Å². The maximum absolute atomic E-state index is 11.6. The molecular formula is C11H24O3Si2. The van der Waals surface area contributed by atoms with E-state index in [1.807, 2.05) is 26.6 Å². The molecule has 0 atom stereocenters. The lowest BCUT2D eigenvalue weighted by Crippen LogP contribution is -2.29. The van der Waals surface area contributed by atoms with Gasteiger partial charge in [0.1, 0.15) is 0 Å². The molecule has 0 fully saturated rings. The van der Waals surface area contributed by atoms with Gasteiger partial charge in [-0.05, 0) is 39.3 Å². The standard InChI is InChI=1S/C11H24O3Si2/c1-8-10(13-15(2,3)4)9-11(12)14-16(5,6)7/h9H,8H2,1-7H3/b10-9-. The SMILES string of the molecule is CC/C(=C/C(=O)O[Si](C)(C)C)O[Si](C)(C)C. The Labute approximate surface area is 101 Å². The van der Waals surface area contributed by atoms with Gasteiger partial charge in [0, 0.05) is 6.42 Å². The third-order valence-electron chi connectivity index (χ3n) is 1.47. The molecule has 3 nitrogen and oxygen atoms in total. The second-order valence-electron chi connectivity index (χ2n) is 5.71. The smallest absolute Gasteiger partial charge is 0.320 e. The molecule has 0 N–H and O–H groups in total. The third kappa shape index (κ3) is 8.73. The summed E-state index contributed by atoms with van der Waals surface area (Å²) in [7, 11) is -3.43. The predicted octanol–water partition coefficient (Wildman–Crippen LogP) is 3.51. The summed E-state index contributed by atoms with van der Waals surface area (Å²) >= 11 is 0. The molecule has 0 heterocycles. The van der Waals surface area contributed by atoms with Gasteiger partial charge < -0.3 is 8.85 Å². The van der Waals surface area contributed by atoms with Gasteiger partial charge in [-0.1, -0.05) is 6.92 Å². The second-order valence-corrected chi connectivity index (χ2v) is 14.6. The number of hydrogen-bond donors (Lipinski definition) is 0. The van der Waals surface area contributed by atoms with Crippen LogP contribution in [0.2, 0.25) is 39.3 Å². The van der Waals surface area contributed by atoms with Gasteiger partial charge in [-0.3, -0.25) is 0 Å². The minimum atomic E-state index is -1.80. The van der Waals surface area contributed by atoms with Gasteiger partial charge in [-0.2, -0.15) is 0 Å². The van der Waals surface area contributed by atoms with Crippen molar-refractivity contribution in [3.8, 4) is 0 Å². The number of allylic oxidation sites excluding steroid dienone is 1. The molecule has 0 aromatic heterocycles. The lowest BCUT2D eigenvalue weighted by atomic mass is 10.4. The maximum Gasteiger partial charge on any atom is 0.320 e. The van der Waals surface area contributed by atoms with E-state index in [0.717, 1.165) is 12.2 Å². The summed E-state index contributed by atoms with van der Waals surface area (Å²) in [6, 6.07) is 0. The Balaban J connectivity index is 4.53. The van der Waals surface area contributed by atoms with Crippen molar-refractivity contribution in [2.45, 2.75) is 52.6 Å². The first-order valence-corrected chi connectivity index (χ1v) is 12.5. The largest absolute Gasteiger partial charge is 0.547 e. The highest BCUT2D eigenvalue weighted by Crippen LogP contribution is 2.14.